The number of alkyl halides is 3. The summed E-state index contributed by atoms with van der Waals surface area (Å²) in [6, 6.07) is 11.2. The first-order valence-electron chi connectivity index (χ1n) is 13.5. The van der Waals surface area contributed by atoms with Crippen LogP contribution in [0.15, 0.2) is 30.3 Å². The van der Waals surface area contributed by atoms with Crippen LogP contribution in [-0.2, 0) is 9.59 Å². The predicted octanol–water partition coefficient (Wildman–Crippen LogP) is 5.36. The van der Waals surface area contributed by atoms with E-state index in [0.29, 0.717) is 31.0 Å². The smallest absolute Gasteiger partial charge is 0.340 e. The summed E-state index contributed by atoms with van der Waals surface area (Å²) in [7, 11) is 1.92. The zero-order valence-corrected chi connectivity index (χ0v) is 21.4. The van der Waals surface area contributed by atoms with E-state index in [1.54, 1.807) is 0 Å². The van der Waals surface area contributed by atoms with Gasteiger partial charge in [0.25, 0.3) is 0 Å². The Morgan fingerprint density at radius 2 is 1.89 bits per heavy atom. The van der Waals surface area contributed by atoms with Crippen LogP contribution in [0.2, 0.25) is 0 Å². The van der Waals surface area contributed by atoms with Crippen molar-refractivity contribution in [3.8, 4) is 0 Å². The average molecular weight is 508 g/mol. The lowest BCUT2D eigenvalue weighted by molar-refractivity contribution is -0.137. The number of carbonyl (C=O) groups is 2. The molecule has 1 saturated carbocycles. The summed E-state index contributed by atoms with van der Waals surface area (Å²) in [5, 5.41) is 0. The lowest BCUT2D eigenvalue weighted by atomic mass is 9.96. The van der Waals surface area contributed by atoms with Crippen molar-refractivity contribution in [2.75, 3.05) is 26.7 Å². The molecule has 4 fully saturated rings. The van der Waals surface area contributed by atoms with Crippen LogP contribution in [0.5, 0.6) is 0 Å². The van der Waals surface area contributed by atoms with Gasteiger partial charge in [0, 0.05) is 49.5 Å². The Balaban J connectivity index is 0.000000178. The topological polar surface area (TPSA) is 43.9 Å². The van der Waals surface area contributed by atoms with Crippen molar-refractivity contribution in [3.05, 3.63) is 35.9 Å². The van der Waals surface area contributed by atoms with Gasteiger partial charge < -0.3 is 14.7 Å². The standard InChI is InChI=1S/C15H25F3N2O.C13H15NO/c1-19(9-4-8-15(16,17)18)12-5-2-7-14(21)20-10-3-6-13(20)11-12;15-10-14-9-12(8-13(14)6-7-13)11-4-2-1-3-5-11/h12-13H,2-11H2,1H3;1-5,10,12H,6-9H2/t12?,13-;12-/m11/s1. The zero-order valence-electron chi connectivity index (χ0n) is 21.4. The molecule has 1 aromatic carbocycles. The summed E-state index contributed by atoms with van der Waals surface area (Å²) in [6.45, 7) is 2.24. The van der Waals surface area contributed by atoms with Gasteiger partial charge in [0.15, 0.2) is 0 Å². The third kappa shape index (κ3) is 6.81. The van der Waals surface area contributed by atoms with Crippen molar-refractivity contribution < 1.29 is 22.8 Å². The summed E-state index contributed by atoms with van der Waals surface area (Å²) < 4.78 is 36.7. The van der Waals surface area contributed by atoms with Crippen LogP contribution in [0.4, 0.5) is 13.2 Å². The molecule has 1 spiro atoms. The molecule has 5 rings (SSSR count). The van der Waals surface area contributed by atoms with Gasteiger partial charge in [-0.25, -0.2) is 0 Å². The minimum atomic E-state index is -4.06. The molecule has 5 nitrogen and oxygen atoms in total. The van der Waals surface area contributed by atoms with E-state index < -0.39 is 12.6 Å². The summed E-state index contributed by atoms with van der Waals surface area (Å²) in [5.74, 6) is 0.814. The Hall–Kier alpha value is -2.09. The van der Waals surface area contributed by atoms with Gasteiger partial charge in [0.05, 0.1) is 0 Å². The second-order valence-corrected chi connectivity index (χ2v) is 11.2. The number of amides is 2. The number of hydrogen-bond donors (Lipinski definition) is 0. The summed E-state index contributed by atoms with van der Waals surface area (Å²) >= 11 is 0. The minimum absolute atomic E-state index is 0.157. The van der Waals surface area contributed by atoms with Crippen molar-refractivity contribution >= 4 is 12.3 Å². The summed E-state index contributed by atoms with van der Waals surface area (Å²) in [6.07, 6.45) is 5.35. The highest BCUT2D eigenvalue weighted by Gasteiger charge is 2.53. The molecule has 0 radical (unpaired) electrons. The molecule has 1 aliphatic carbocycles. The third-order valence-corrected chi connectivity index (χ3v) is 8.64. The second kappa shape index (κ2) is 11.5. The molecule has 0 N–H and O–H groups in total. The molecule has 8 heteroatoms. The quantitative estimate of drug-likeness (QED) is 0.487. The van der Waals surface area contributed by atoms with Crippen LogP contribution in [0.3, 0.4) is 0 Å². The maximum Gasteiger partial charge on any atom is 0.389 e. The maximum absolute atomic E-state index is 12.2. The van der Waals surface area contributed by atoms with Crippen LogP contribution in [0.25, 0.3) is 0 Å². The highest BCUT2D eigenvalue weighted by atomic mass is 19.4. The van der Waals surface area contributed by atoms with E-state index in [1.807, 2.05) is 22.9 Å². The zero-order chi connectivity index (χ0) is 25.8. The highest BCUT2D eigenvalue weighted by molar-refractivity contribution is 5.76. The van der Waals surface area contributed by atoms with Crippen LogP contribution in [0.1, 0.15) is 82.1 Å². The first kappa shape index (κ1) is 27.0. The van der Waals surface area contributed by atoms with E-state index in [1.165, 1.54) is 18.4 Å². The number of likely N-dealkylation sites (tertiary alicyclic amines) is 1. The second-order valence-electron chi connectivity index (χ2n) is 11.2. The molecular weight excluding hydrogens is 467 g/mol. The van der Waals surface area contributed by atoms with E-state index in [0.717, 1.165) is 58.0 Å². The number of fused-ring (bicyclic) bond motifs is 1. The number of carbonyl (C=O) groups excluding carboxylic acids is 2. The monoisotopic (exact) mass is 507 g/mol. The number of rotatable bonds is 6. The first-order chi connectivity index (χ1) is 17.2. The van der Waals surface area contributed by atoms with E-state index in [9.17, 15) is 22.8 Å². The SMILES string of the molecule is CN(CCCC(F)(F)F)C1CCCC(=O)N2CCC[C@@H]2C1.O=CN1C[C@H](c2ccccc2)CC12CC2. The van der Waals surface area contributed by atoms with E-state index in [4.69, 9.17) is 0 Å². The number of halogens is 3. The van der Waals surface area contributed by atoms with Gasteiger partial charge in [-0.2, -0.15) is 13.2 Å². The molecule has 4 aliphatic rings. The third-order valence-electron chi connectivity index (χ3n) is 8.64. The van der Waals surface area contributed by atoms with Gasteiger partial charge in [-0.05, 0) is 76.9 Å². The van der Waals surface area contributed by atoms with Gasteiger partial charge >= 0.3 is 6.18 Å². The molecule has 1 unspecified atom stereocenters. The molecule has 3 heterocycles. The Kier molecular flexibility index (Phi) is 8.63. The average Bonchev–Trinajstić information content (AvgIpc) is 3.30. The van der Waals surface area contributed by atoms with Crippen molar-refractivity contribution in [1.29, 1.82) is 0 Å². The van der Waals surface area contributed by atoms with E-state index >= 15 is 0 Å². The van der Waals surface area contributed by atoms with Crippen molar-refractivity contribution in [2.45, 2.75) is 100 Å². The molecule has 200 valence electrons. The van der Waals surface area contributed by atoms with Crippen LogP contribution >= 0.6 is 0 Å². The van der Waals surface area contributed by atoms with Crippen LogP contribution < -0.4 is 0 Å². The van der Waals surface area contributed by atoms with Crippen molar-refractivity contribution in [3.63, 3.8) is 0 Å². The fraction of sp³-hybridized carbons (Fsp3) is 0.714. The molecule has 3 atom stereocenters. The number of benzene rings is 1. The van der Waals surface area contributed by atoms with E-state index in [-0.39, 0.29) is 17.9 Å². The molecule has 36 heavy (non-hydrogen) atoms. The van der Waals surface area contributed by atoms with Crippen LogP contribution in [0, 0.1) is 0 Å². The largest absolute Gasteiger partial charge is 0.389 e. The molecular formula is C28H40F3N3O2. The molecule has 0 bridgehead atoms. The van der Waals surface area contributed by atoms with Crippen molar-refractivity contribution in [2.24, 2.45) is 0 Å². The van der Waals surface area contributed by atoms with Gasteiger partial charge in [0.1, 0.15) is 0 Å². The highest BCUT2D eigenvalue weighted by Crippen LogP contribution is 2.53. The summed E-state index contributed by atoms with van der Waals surface area (Å²) in [5.41, 5.74) is 1.63. The molecule has 3 aliphatic heterocycles. The van der Waals surface area contributed by atoms with Crippen molar-refractivity contribution in [1.82, 2.24) is 14.7 Å². The minimum Gasteiger partial charge on any atom is -0.340 e. The first-order valence-corrected chi connectivity index (χ1v) is 13.5. The van der Waals surface area contributed by atoms with Gasteiger partial charge in [-0.3, -0.25) is 9.59 Å². The fourth-order valence-electron chi connectivity index (χ4n) is 6.40. The Morgan fingerprint density at radius 1 is 1.14 bits per heavy atom. The number of nitrogens with zero attached hydrogens (tertiary/aromatic N) is 3. The van der Waals surface area contributed by atoms with Gasteiger partial charge in [-0.15, -0.1) is 0 Å². The summed E-state index contributed by atoms with van der Waals surface area (Å²) in [4.78, 5) is 29.0. The van der Waals surface area contributed by atoms with Gasteiger partial charge in [-0.1, -0.05) is 30.3 Å². The normalized spacial score (nSPS) is 27.4. The van der Waals surface area contributed by atoms with Gasteiger partial charge in [0.2, 0.25) is 12.3 Å². The lowest BCUT2D eigenvalue weighted by Crippen LogP contribution is -2.44. The van der Waals surface area contributed by atoms with Crippen LogP contribution in [-0.4, -0.2) is 77.5 Å². The molecule has 3 saturated heterocycles. The van der Waals surface area contributed by atoms with E-state index in [2.05, 4.69) is 29.2 Å². The number of hydrogen-bond acceptors (Lipinski definition) is 3. The predicted molar refractivity (Wildman–Crippen MR) is 133 cm³/mol. The molecule has 0 aromatic heterocycles. The molecule has 2 amide bonds. The lowest BCUT2D eigenvalue weighted by Gasteiger charge is -2.35. The Bertz CT molecular complexity index is 875. The Labute approximate surface area is 213 Å². The molecule has 1 aromatic rings. The maximum atomic E-state index is 12.2. The Morgan fingerprint density at radius 3 is 2.53 bits per heavy atom. The fourth-order valence-corrected chi connectivity index (χ4v) is 6.40.